The summed E-state index contributed by atoms with van der Waals surface area (Å²) in [4.78, 5) is 11.3. The highest BCUT2D eigenvalue weighted by Gasteiger charge is 2.29. The summed E-state index contributed by atoms with van der Waals surface area (Å²) in [6.07, 6.45) is 4.96. The van der Waals surface area contributed by atoms with Crippen LogP contribution in [0.25, 0.3) is 11.6 Å². The third-order valence-electron chi connectivity index (χ3n) is 5.68. The molecule has 1 fully saturated rings. The van der Waals surface area contributed by atoms with Crippen molar-refractivity contribution >= 4 is 27.6 Å². The Bertz CT molecular complexity index is 1020. The molecule has 1 saturated carbocycles. The summed E-state index contributed by atoms with van der Waals surface area (Å²) in [5.74, 6) is -1.15. The lowest BCUT2D eigenvalue weighted by molar-refractivity contribution is -0.142. The zero-order valence-electron chi connectivity index (χ0n) is 15.5. The highest BCUT2D eigenvalue weighted by atomic mass is 32.2. The Balaban J connectivity index is 1.46. The summed E-state index contributed by atoms with van der Waals surface area (Å²) in [7, 11) is -3.62. The van der Waals surface area contributed by atoms with E-state index in [2.05, 4.69) is 22.9 Å². The minimum Gasteiger partial charge on any atom is -0.481 e. The molecule has 28 heavy (non-hydrogen) atoms. The number of carboxylic acid groups (broad SMARTS) is 1. The number of carboxylic acids is 1. The Morgan fingerprint density at radius 1 is 1.00 bits per heavy atom. The van der Waals surface area contributed by atoms with Gasteiger partial charge in [-0.1, -0.05) is 42.5 Å². The monoisotopic (exact) mass is 397 g/mol. The maximum atomic E-state index is 12.8. The number of carbonyl (C=O) groups is 1. The van der Waals surface area contributed by atoms with Crippen LogP contribution in [0.5, 0.6) is 0 Å². The van der Waals surface area contributed by atoms with Gasteiger partial charge in [0.1, 0.15) is 0 Å². The van der Waals surface area contributed by atoms with Crippen molar-refractivity contribution in [2.24, 2.45) is 5.92 Å². The molecule has 0 amide bonds. The minimum absolute atomic E-state index is 0.202. The van der Waals surface area contributed by atoms with Gasteiger partial charge < -0.3 is 5.11 Å². The van der Waals surface area contributed by atoms with Gasteiger partial charge in [0.2, 0.25) is 10.0 Å². The second kappa shape index (κ2) is 7.53. The van der Waals surface area contributed by atoms with Gasteiger partial charge in [-0.05, 0) is 66.5 Å². The Morgan fingerprint density at radius 2 is 1.71 bits per heavy atom. The molecule has 0 unspecified atom stereocenters. The fourth-order valence-electron chi connectivity index (χ4n) is 4.07. The summed E-state index contributed by atoms with van der Waals surface area (Å²) < 4.78 is 28.4. The number of allylic oxidation sites excluding steroid dienone is 1. The van der Waals surface area contributed by atoms with Crippen LogP contribution in [0.1, 0.15) is 42.4 Å². The van der Waals surface area contributed by atoms with E-state index in [-0.39, 0.29) is 16.9 Å². The van der Waals surface area contributed by atoms with Gasteiger partial charge in [0.05, 0.1) is 10.8 Å². The molecule has 0 spiro atoms. The molecule has 2 aromatic rings. The average Bonchev–Trinajstić information content (AvgIpc) is 3.12. The zero-order chi connectivity index (χ0) is 19.7. The Kier molecular flexibility index (Phi) is 5.08. The van der Waals surface area contributed by atoms with Gasteiger partial charge >= 0.3 is 5.97 Å². The lowest BCUT2D eigenvalue weighted by Gasteiger charge is -2.26. The van der Waals surface area contributed by atoms with Crippen molar-refractivity contribution in [2.45, 2.75) is 43.0 Å². The number of hydrogen-bond acceptors (Lipinski definition) is 3. The SMILES string of the molecule is O=C(O)C1CCC(NS(=O)(=O)c2ccc3c(c2)CC(c2ccccc2)=C3)CC1. The van der Waals surface area contributed by atoms with E-state index in [1.54, 1.807) is 12.1 Å². The highest BCUT2D eigenvalue weighted by Crippen LogP contribution is 2.33. The quantitative estimate of drug-likeness (QED) is 0.806. The van der Waals surface area contributed by atoms with Crippen molar-refractivity contribution in [1.82, 2.24) is 4.72 Å². The molecular formula is C22H23NO4S. The smallest absolute Gasteiger partial charge is 0.306 e. The Hall–Kier alpha value is -2.44. The van der Waals surface area contributed by atoms with Crippen LogP contribution in [0.4, 0.5) is 0 Å². The summed E-state index contributed by atoms with van der Waals surface area (Å²) in [6.45, 7) is 0. The molecule has 0 saturated heterocycles. The van der Waals surface area contributed by atoms with Crippen LogP contribution in [-0.4, -0.2) is 25.5 Å². The molecule has 2 aromatic carbocycles. The predicted molar refractivity (Wildman–Crippen MR) is 108 cm³/mol. The first-order valence-corrected chi connectivity index (χ1v) is 11.0. The number of hydrogen-bond donors (Lipinski definition) is 2. The summed E-state index contributed by atoms with van der Waals surface area (Å²) in [5, 5.41) is 9.08. The zero-order valence-corrected chi connectivity index (χ0v) is 16.3. The number of benzene rings is 2. The van der Waals surface area contributed by atoms with Gasteiger partial charge in [-0.3, -0.25) is 4.79 Å². The molecule has 4 rings (SSSR count). The number of sulfonamides is 1. The van der Waals surface area contributed by atoms with E-state index in [9.17, 15) is 13.2 Å². The third-order valence-corrected chi connectivity index (χ3v) is 7.20. The molecule has 6 heteroatoms. The van der Waals surface area contributed by atoms with Crippen molar-refractivity contribution in [3.63, 3.8) is 0 Å². The molecule has 2 aliphatic carbocycles. The first kappa shape index (κ1) is 18.9. The van der Waals surface area contributed by atoms with Crippen molar-refractivity contribution in [1.29, 1.82) is 0 Å². The largest absolute Gasteiger partial charge is 0.481 e. The maximum Gasteiger partial charge on any atom is 0.306 e. The third kappa shape index (κ3) is 3.88. The molecule has 5 nitrogen and oxygen atoms in total. The standard InChI is InChI=1S/C22H23NO4S/c24-22(25)16-6-9-20(10-7-16)23-28(26,27)21-11-8-17-12-18(13-19(17)14-21)15-4-2-1-3-5-15/h1-5,8,11-12,14,16,20,23H,6-7,9-10,13H2,(H,24,25). The molecule has 2 aliphatic rings. The molecule has 0 aromatic heterocycles. The molecule has 0 bridgehead atoms. The van der Waals surface area contributed by atoms with Gasteiger partial charge in [0, 0.05) is 6.04 Å². The maximum absolute atomic E-state index is 12.8. The molecule has 0 aliphatic heterocycles. The minimum atomic E-state index is -3.62. The first-order chi connectivity index (χ1) is 13.4. The second-order valence-corrected chi connectivity index (χ2v) is 9.30. The van der Waals surface area contributed by atoms with Crippen molar-refractivity contribution in [2.75, 3.05) is 0 Å². The topological polar surface area (TPSA) is 83.5 Å². The molecule has 2 N–H and O–H groups in total. The van der Waals surface area contributed by atoms with Gasteiger partial charge in [0.15, 0.2) is 0 Å². The van der Waals surface area contributed by atoms with Crippen LogP contribution >= 0.6 is 0 Å². The summed E-state index contributed by atoms with van der Waals surface area (Å²) in [5.41, 5.74) is 4.40. The van der Waals surface area contributed by atoms with Gasteiger partial charge in [-0.15, -0.1) is 0 Å². The van der Waals surface area contributed by atoms with Crippen molar-refractivity contribution in [3.05, 3.63) is 65.2 Å². The van der Waals surface area contributed by atoms with E-state index < -0.39 is 16.0 Å². The van der Waals surface area contributed by atoms with E-state index in [1.165, 1.54) is 5.57 Å². The van der Waals surface area contributed by atoms with Crippen molar-refractivity contribution in [3.8, 4) is 0 Å². The second-order valence-electron chi connectivity index (χ2n) is 7.58. The lowest BCUT2D eigenvalue weighted by Crippen LogP contribution is -2.38. The molecule has 0 heterocycles. The van der Waals surface area contributed by atoms with Crippen LogP contribution in [0, 0.1) is 5.92 Å². The Labute approximate surface area is 165 Å². The van der Waals surface area contributed by atoms with E-state index in [1.807, 2.05) is 24.3 Å². The van der Waals surface area contributed by atoms with Gasteiger partial charge in [0.25, 0.3) is 0 Å². The molecule has 0 atom stereocenters. The van der Waals surface area contributed by atoms with Crippen LogP contribution in [-0.2, 0) is 21.2 Å². The van der Waals surface area contributed by atoms with Crippen molar-refractivity contribution < 1.29 is 18.3 Å². The van der Waals surface area contributed by atoms with Gasteiger partial charge in [-0.2, -0.15) is 0 Å². The lowest BCUT2D eigenvalue weighted by atomic mass is 9.87. The Morgan fingerprint density at radius 3 is 2.39 bits per heavy atom. The highest BCUT2D eigenvalue weighted by molar-refractivity contribution is 7.89. The number of rotatable bonds is 5. The first-order valence-electron chi connectivity index (χ1n) is 9.56. The van der Waals surface area contributed by atoms with E-state index >= 15 is 0 Å². The molecule has 0 radical (unpaired) electrons. The molecule has 146 valence electrons. The van der Waals surface area contributed by atoms with Crippen LogP contribution in [0.2, 0.25) is 0 Å². The number of nitrogens with one attached hydrogen (secondary N) is 1. The van der Waals surface area contributed by atoms with Crippen LogP contribution in [0.3, 0.4) is 0 Å². The van der Waals surface area contributed by atoms with E-state index in [0.29, 0.717) is 32.1 Å². The van der Waals surface area contributed by atoms with E-state index in [0.717, 1.165) is 16.7 Å². The normalized spacial score (nSPS) is 21.8. The fourth-order valence-corrected chi connectivity index (χ4v) is 5.43. The summed E-state index contributed by atoms with van der Waals surface area (Å²) >= 11 is 0. The number of aliphatic carboxylic acids is 1. The average molecular weight is 397 g/mol. The molecular weight excluding hydrogens is 374 g/mol. The summed E-state index contributed by atoms with van der Waals surface area (Å²) in [6, 6.07) is 15.2. The van der Waals surface area contributed by atoms with Gasteiger partial charge in [-0.25, -0.2) is 13.1 Å². The van der Waals surface area contributed by atoms with E-state index in [4.69, 9.17) is 5.11 Å². The number of fused-ring (bicyclic) bond motifs is 1. The van der Waals surface area contributed by atoms with Crippen LogP contribution in [0.15, 0.2) is 53.4 Å². The predicted octanol–water partition coefficient (Wildman–Crippen LogP) is 3.71. The van der Waals surface area contributed by atoms with Crippen LogP contribution < -0.4 is 4.72 Å². The fraction of sp³-hybridized carbons (Fsp3) is 0.318.